The normalized spacial score (nSPS) is 22.4. The molecule has 0 saturated carbocycles. The predicted octanol–water partition coefficient (Wildman–Crippen LogP) is 1.79. The van der Waals surface area contributed by atoms with Crippen molar-refractivity contribution in [2.45, 2.75) is 13.0 Å². The maximum absolute atomic E-state index is 10.6. The topological polar surface area (TPSA) is 29.5 Å². The summed E-state index contributed by atoms with van der Waals surface area (Å²) in [4.78, 5) is 13.6. The Hall–Kier alpha value is -0.870. The molecule has 1 aromatic rings. The zero-order valence-corrected chi connectivity index (χ0v) is 8.92. The summed E-state index contributed by atoms with van der Waals surface area (Å²) in [5.74, 6) is 0. The number of nitrogens with zero attached hydrogens (tertiary/aromatic N) is 1. The van der Waals surface area contributed by atoms with E-state index in [1.54, 1.807) is 11.3 Å². The van der Waals surface area contributed by atoms with Crippen molar-refractivity contribution in [2.75, 3.05) is 24.7 Å². The molecule has 0 N–H and O–H groups in total. The molecule has 3 nitrogen and oxygen atoms in total. The number of anilines is 1. The minimum Gasteiger partial charge on any atom is -0.377 e. The molecule has 2 heterocycles. The van der Waals surface area contributed by atoms with E-state index in [0.29, 0.717) is 6.04 Å². The highest BCUT2D eigenvalue weighted by Gasteiger charge is 2.20. The molecule has 4 heteroatoms. The average Bonchev–Trinajstić information content (AvgIpc) is 2.67. The van der Waals surface area contributed by atoms with Crippen LogP contribution >= 0.6 is 11.3 Å². The number of rotatable bonds is 2. The molecule has 1 fully saturated rings. The first-order chi connectivity index (χ1) is 6.81. The quantitative estimate of drug-likeness (QED) is 0.698. The van der Waals surface area contributed by atoms with Crippen LogP contribution in [0, 0.1) is 0 Å². The first kappa shape index (κ1) is 9.68. The van der Waals surface area contributed by atoms with Crippen LogP contribution in [0.25, 0.3) is 0 Å². The zero-order chi connectivity index (χ0) is 9.97. The Kier molecular flexibility index (Phi) is 2.84. The monoisotopic (exact) mass is 211 g/mol. The van der Waals surface area contributed by atoms with Crippen molar-refractivity contribution < 1.29 is 9.53 Å². The van der Waals surface area contributed by atoms with Crippen molar-refractivity contribution in [3.05, 3.63) is 17.0 Å². The lowest BCUT2D eigenvalue weighted by molar-refractivity contribution is 0.0993. The fourth-order valence-corrected chi connectivity index (χ4v) is 2.56. The first-order valence-corrected chi connectivity index (χ1v) is 5.52. The van der Waals surface area contributed by atoms with Crippen molar-refractivity contribution in [3.8, 4) is 0 Å². The molecule has 1 aliphatic heterocycles. The lowest BCUT2D eigenvalue weighted by Gasteiger charge is -2.33. The van der Waals surface area contributed by atoms with Gasteiger partial charge in [0.2, 0.25) is 0 Å². The van der Waals surface area contributed by atoms with Crippen molar-refractivity contribution in [1.82, 2.24) is 0 Å². The largest absolute Gasteiger partial charge is 0.377 e. The molecule has 1 aliphatic rings. The maximum Gasteiger partial charge on any atom is 0.160 e. The molecule has 0 bridgehead atoms. The number of aldehydes is 1. The molecule has 0 aliphatic carbocycles. The van der Waals surface area contributed by atoms with Gasteiger partial charge in [0.25, 0.3) is 0 Å². The molecule has 2 rings (SSSR count). The fourth-order valence-electron chi connectivity index (χ4n) is 1.61. The average molecular weight is 211 g/mol. The van der Waals surface area contributed by atoms with E-state index in [0.717, 1.165) is 30.9 Å². The first-order valence-electron chi connectivity index (χ1n) is 4.70. The molecule has 1 unspecified atom stereocenters. The van der Waals surface area contributed by atoms with Gasteiger partial charge in [-0.05, 0) is 19.1 Å². The van der Waals surface area contributed by atoms with Crippen molar-refractivity contribution in [3.63, 3.8) is 0 Å². The van der Waals surface area contributed by atoms with Gasteiger partial charge in [0.15, 0.2) is 6.29 Å². The van der Waals surface area contributed by atoms with Gasteiger partial charge in [-0.2, -0.15) is 0 Å². The third kappa shape index (κ3) is 1.81. The van der Waals surface area contributed by atoms with Crippen LogP contribution in [0.1, 0.15) is 16.6 Å². The standard InChI is InChI=1S/C10H13NO2S/c1-8-7-13-5-4-11(8)10-3-2-9(6-12)14-10/h2-3,6,8H,4-5,7H2,1H3. The molecule has 1 aromatic heterocycles. The summed E-state index contributed by atoms with van der Waals surface area (Å²) >= 11 is 1.55. The van der Waals surface area contributed by atoms with E-state index in [1.165, 1.54) is 5.00 Å². The van der Waals surface area contributed by atoms with Crippen LogP contribution in [0.3, 0.4) is 0 Å². The Morgan fingerprint density at radius 3 is 3.14 bits per heavy atom. The Balaban J connectivity index is 2.16. The number of hydrogen-bond donors (Lipinski definition) is 0. The second-order valence-electron chi connectivity index (χ2n) is 3.41. The third-order valence-corrected chi connectivity index (χ3v) is 3.43. The number of carbonyl (C=O) groups is 1. The lowest BCUT2D eigenvalue weighted by atomic mass is 10.2. The minimum absolute atomic E-state index is 0.405. The molecule has 1 atom stereocenters. The molecular weight excluding hydrogens is 198 g/mol. The Morgan fingerprint density at radius 1 is 1.64 bits per heavy atom. The predicted molar refractivity (Wildman–Crippen MR) is 57.3 cm³/mol. The molecule has 14 heavy (non-hydrogen) atoms. The van der Waals surface area contributed by atoms with Gasteiger partial charge in [0.05, 0.1) is 29.1 Å². The third-order valence-electron chi connectivity index (χ3n) is 2.38. The number of hydrogen-bond acceptors (Lipinski definition) is 4. The van der Waals surface area contributed by atoms with Crippen LogP contribution in [-0.2, 0) is 4.74 Å². The van der Waals surface area contributed by atoms with E-state index < -0.39 is 0 Å². The molecular formula is C10H13NO2S. The summed E-state index contributed by atoms with van der Waals surface area (Å²) in [5.41, 5.74) is 0. The van der Waals surface area contributed by atoms with Gasteiger partial charge in [-0.1, -0.05) is 0 Å². The van der Waals surface area contributed by atoms with Gasteiger partial charge < -0.3 is 9.64 Å². The summed E-state index contributed by atoms with van der Waals surface area (Å²) in [5, 5.41) is 1.17. The van der Waals surface area contributed by atoms with E-state index in [4.69, 9.17) is 4.74 Å². The van der Waals surface area contributed by atoms with E-state index in [-0.39, 0.29) is 0 Å². The summed E-state index contributed by atoms with van der Waals surface area (Å²) in [7, 11) is 0. The lowest BCUT2D eigenvalue weighted by Crippen LogP contribution is -2.43. The second kappa shape index (κ2) is 4.11. The van der Waals surface area contributed by atoms with Crippen LogP contribution in [-0.4, -0.2) is 32.1 Å². The van der Waals surface area contributed by atoms with E-state index in [2.05, 4.69) is 11.8 Å². The van der Waals surface area contributed by atoms with Gasteiger partial charge >= 0.3 is 0 Å². The van der Waals surface area contributed by atoms with Gasteiger partial charge in [-0.3, -0.25) is 4.79 Å². The summed E-state index contributed by atoms with van der Waals surface area (Å²) in [6.45, 7) is 4.60. The smallest absolute Gasteiger partial charge is 0.160 e. The van der Waals surface area contributed by atoms with Crippen LogP contribution in [0.15, 0.2) is 12.1 Å². The Labute approximate surface area is 87.3 Å². The van der Waals surface area contributed by atoms with E-state index >= 15 is 0 Å². The van der Waals surface area contributed by atoms with E-state index in [9.17, 15) is 4.79 Å². The van der Waals surface area contributed by atoms with Gasteiger partial charge in [-0.25, -0.2) is 0 Å². The number of thiophene rings is 1. The summed E-state index contributed by atoms with van der Waals surface area (Å²) in [6, 6.07) is 4.28. The number of ether oxygens (including phenoxy) is 1. The summed E-state index contributed by atoms with van der Waals surface area (Å²) in [6.07, 6.45) is 0.902. The van der Waals surface area contributed by atoms with Crippen LogP contribution in [0.5, 0.6) is 0 Å². The Morgan fingerprint density at radius 2 is 2.50 bits per heavy atom. The second-order valence-corrected chi connectivity index (χ2v) is 4.50. The molecule has 1 saturated heterocycles. The number of morpholine rings is 1. The minimum atomic E-state index is 0.405. The highest BCUT2D eigenvalue weighted by molar-refractivity contribution is 7.17. The maximum atomic E-state index is 10.6. The van der Waals surface area contributed by atoms with Crippen molar-refractivity contribution in [1.29, 1.82) is 0 Å². The van der Waals surface area contributed by atoms with Crippen molar-refractivity contribution in [2.24, 2.45) is 0 Å². The Bertz CT molecular complexity index is 324. The summed E-state index contributed by atoms with van der Waals surface area (Å²) < 4.78 is 5.36. The fraction of sp³-hybridized carbons (Fsp3) is 0.500. The van der Waals surface area contributed by atoms with Crippen LogP contribution in [0.4, 0.5) is 5.00 Å². The highest BCUT2D eigenvalue weighted by atomic mass is 32.1. The zero-order valence-electron chi connectivity index (χ0n) is 8.10. The van der Waals surface area contributed by atoms with Crippen molar-refractivity contribution >= 4 is 22.6 Å². The van der Waals surface area contributed by atoms with E-state index in [1.807, 2.05) is 12.1 Å². The van der Waals surface area contributed by atoms with Gasteiger partial charge in [0, 0.05) is 6.54 Å². The van der Waals surface area contributed by atoms with Gasteiger partial charge in [-0.15, -0.1) is 11.3 Å². The molecule has 0 amide bonds. The van der Waals surface area contributed by atoms with Crippen LogP contribution < -0.4 is 4.90 Å². The molecule has 0 spiro atoms. The molecule has 0 radical (unpaired) electrons. The number of carbonyl (C=O) groups excluding carboxylic acids is 1. The van der Waals surface area contributed by atoms with Crippen LogP contribution in [0.2, 0.25) is 0 Å². The molecule has 0 aromatic carbocycles. The highest BCUT2D eigenvalue weighted by Crippen LogP contribution is 2.27. The molecule has 76 valence electrons. The SMILES string of the molecule is CC1COCCN1c1ccc(C=O)s1. The van der Waals surface area contributed by atoms with Gasteiger partial charge in [0.1, 0.15) is 0 Å².